The van der Waals surface area contributed by atoms with Crippen molar-refractivity contribution in [2.45, 2.75) is 4.90 Å². The minimum atomic E-state index is -1.21. The van der Waals surface area contributed by atoms with Gasteiger partial charge in [-0.25, -0.2) is 0 Å². The number of methoxy groups -OCH3 is 1. The van der Waals surface area contributed by atoms with E-state index >= 15 is 0 Å². The van der Waals surface area contributed by atoms with Crippen LogP contribution in [0.5, 0.6) is 11.5 Å². The van der Waals surface area contributed by atoms with Gasteiger partial charge in [0, 0.05) is 6.20 Å². The van der Waals surface area contributed by atoms with Crippen LogP contribution in [-0.2, 0) is 10.8 Å². The molecule has 0 saturated carbocycles. The van der Waals surface area contributed by atoms with Crippen molar-refractivity contribution < 1.29 is 13.7 Å². The first kappa shape index (κ1) is 14.3. The number of aromatic nitrogens is 1. The second-order valence-corrected chi connectivity index (χ2v) is 5.50. The molecule has 5 nitrogen and oxygen atoms in total. The van der Waals surface area contributed by atoms with E-state index < -0.39 is 10.8 Å². The Balaban J connectivity index is 1.93. The lowest BCUT2D eigenvalue weighted by molar-refractivity contribution is 0.313. The average molecular weight is 292 g/mol. The summed E-state index contributed by atoms with van der Waals surface area (Å²) in [7, 11) is 0.373. The number of benzene rings is 1. The highest BCUT2D eigenvalue weighted by atomic mass is 32.2. The molecule has 1 heterocycles. The molecule has 0 saturated heterocycles. The fourth-order valence-electron chi connectivity index (χ4n) is 1.68. The minimum Gasteiger partial charge on any atom is -0.493 e. The average Bonchev–Trinajstić information content (AvgIpc) is 2.48. The first-order valence-corrected chi connectivity index (χ1v) is 7.38. The maximum Gasteiger partial charge on any atom is 0.161 e. The summed E-state index contributed by atoms with van der Waals surface area (Å²) >= 11 is 0. The SMILES string of the molecule is COc1ccccc1OCCS(=O)c1ccncc1N. The van der Waals surface area contributed by atoms with Crippen molar-refractivity contribution in [2.75, 3.05) is 25.2 Å². The van der Waals surface area contributed by atoms with E-state index in [0.29, 0.717) is 34.4 Å². The fourth-order valence-corrected chi connectivity index (χ4v) is 2.66. The number of nitrogen functional groups attached to an aromatic ring is 1. The zero-order valence-corrected chi connectivity index (χ0v) is 11.9. The second kappa shape index (κ2) is 6.91. The summed E-state index contributed by atoms with van der Waals surface area (Å²) in [4.78, 5) is 4.46. The van der Waals surface area contributed by atoms with Crippen LogP contribution in [0.3, 0.4) is 0 Å². The maximum absolute atomic E-state index is 12.1. The summed E-state index contributed by atoms with van der Waals surface area (Å²) in [5.74, 6) is 1.64. The van der Waals surface area contributed by atoms with Gasteiger partial charge in [0.2, 0.25) is 0 Å². The number of ether oxygens (including phenoxy) is 2. The summed E-state index contributed by atoms with van der Waals surface area (Å²) < 4.78 is 22.9. The van der Waals surface area contributed by atoms with Crippen molar-refractivity contribution in [1.82, 2.24) is 4.98 Å². The molecule has 1 aromatic heterocycles. The van der Waals surface area contributed by atoms with E-state index in [2.05, 4.69) is 4.98 Å². The Kier molecular flexibility index (Phi) is 4.95. The summed E-state index contributed by atoms with van der Waals surface area (Å²) in [6.07, 6.45) is 3.07. The van der Waals surface area contributed by atoms with E-state index in [-0.39, 0.29) is 0 Å². The van der Waals surface area contributed by atoms with Gasteiger partial charge in [-0.15, -0.1) is 0 Å². The van der Waals surface area contributed by atoms with Gasteiger partial charge in [-0.2, -0.15) is 0 Å². The standard InChI is InChI=1S/C14H16N2O3S/c1-18-12-4-2-3-5-13(12)19-8-9-20(17)14-6-7-16-10-11(14)15/h2-7,10H,8-9,15H2,1H3. The smallest absolute Gasteiger partial charge is 0.161 e. The van der Waals surface area contributed by atoms with Gasteiger partial charge in [0.25, 0.3) is 0 Å². The molecule has 106 valence electrons. The highest BCUT2D eigenvalue weighted by molar-refractivity contribution is 7.85. The van der Waals surface area contributed by atoms with Crippen LogP contribution in [0.2, 0.25) is 0 Å². The molecule has 20 heavy (non-hydrogen) atoms. The number of nitrogens with zero attached hydrogens (tertiary/aromatic N) is 1. The van der Waals surface area contributed by atoms with Gasteiger partial charge in [-0.05, 0) is 18.2 Å². The van der Waals surface area contributed by atoms with Gasteiger partial charge >= 0.3 is 0 Å². The minimum absolute atomic E-state index is 0.314. The molecule has 6 heteroatoms. The van der Waals surface area contributed by atoms with E-state index in [1.54, 1.807) is 19.4 Å². The van der Waals surface area contributed by atoms with Crippen LogP contribution in [0.1, 0.15) is 0 Å². The predicted molar refractivity (Wildman–Crippen MR) is 78.4 cm³/mol. The Morgan fingerprint density at radius 2 is 2.00 bits per heavy atom. The third-order valence-corrected chi connectivity index (χ3v) is 4.05. The van der Waals surface area contributed by atoms with Gasteiger partial charge < -0.3 is 15.2 Å². The summed E-state index contributed by atoms with van der Waals surface area (Å²) in [5, 5.41) is 0. The van der Waals surface area contributed by atoms with Gasteiger partial charge in [-0.1, -0.05) is 12.1 Å². The van der Waals surface area contributed by atoms with Crippen molar-refractivity contribution in [3.8, 4) is 11.5 Å². The second-order valence-electron chi connectivity index (χ2n) is 3.96. The number of hydrogen-bond donors (Lipinski definition) is 1. The quantitative estimate of drug-likeness (QED) is 0.879. The third-order valence-electron chi connectivity index (χ3n) is 2.65. The molecule has 1 aromatic carbocycles. The molecule has 0 bridgehead atoms. The van der Waals surface area contributed by atoms with Crippen LogP contribution in [0, 0.1) is 0 Å². The van der Waals surface area contributed by atoms with Gasteiger partial charge in [0.1, 0.15) is 6.61 Å². The van der Waals surface area contributed by atoms with Crippen molar-refractivity contribution in [2.24, 2.45) is 0 Å². The number of para-hydroxylation sites is 2. The Morgan fingerprint density at radius 3 is 2.70 bits per heavy atom. The van der Waals surface area contributed by atoms with E-state index in [9.17, 15) is 4.21 Å². The van der Waals surface area contributed by atoms with Crippen LogP contribution in [0.25, 0.3) is 0 Å². The molecule has 0 radical (unpaired) electrons. The van der Waals surface area contributed by atoms with Crippen molar-refractivity contribution in [1.29, 1.82) is 0 Å². The highest BCUT2D eigenvalue weighted by Gasteiger charge is 2.09. The molecule has 1 atom stereocenters. The van der Waals surface area contributed by atoms with Crippen LogP contribution >= 0.6 is 0 Å². The van der Waals surface area contributed by atoms with E-state index in [4.69, 9.17) is 15.2 Å². The number of rotatable bonds is 6. The molecule has 0 amide bonds. The number of anilines is 1. The number of hydrogen-bond acceptors (Lipinski definition) is 5. The van der Waals surface area contributed by atoms with Gasteiger partial charge in [0.05, 0.1) is 40.4 Å². The first-order chi connectivity index (χ1) is 9.72. The molecule has 0 aliphatic carbocycles. The van der Waals surface area contributed by atoms with Crippen LogP contribution in [-0.4, -0.2) is 28.7 Å². The molecule has 0 fully saturated rings. The van der Waals surface area contributed by atoms with E-state index in [1.165, 1.54) is 6.20 Å². The van der Waals surface area contributed by atoms with Crippen molar-refractivity contribution in [3.05, 3.63) is 42.7 Å². The monoisotopic (exact) mass is 292 g/mol. The molecule has 0 spiro atoms. The Bertz CT molecular complexity index is 604. The van der Waals surface area contributed by atoms with Gasteiger partial charge in [0.15, 0.2) is 11.5 Å². The van der Waals surface area contributed by atoms with Gasteiger partial charge in [-0.3, -0.25) is 9.19 Å². The van der Waals surface area contributed by atoms with E-state index in [1.807, 2.05) is 24.3 Å². The molecule has 1 unspecified atom stereocenters. The summed E-state index contributed by atoms with van der Waals surface area (Å²) in [5.41, 5.74) is 6.17. The largest absolute Gasteiger partial charge is 0.493 e. The molecule has 2 N–H and O–H groups in total. The summed E-state index contributed by atoms with van der Waals surface area (Å²) in [6, 6.07) is 9.00. The zero-order valence-electron chi connectivity index (χ0n) is 11.1. The number of nitrogens with two attached hydrogens (primary N) is 1. The van der Waals surface area contributed by atoms with Crippen molar-refractivity contribution in [3.63, 3.8) is 0 Å². The Morgan fingerprint density at radius 1 is 1.25 bits per heavy atom. The zero-order chi connectivity index (χ0) is 14.4. The Hall–Kier alpha value is -2.08. The molecule has 0 aliphatic rings. The molecule has 2 rings (SSSR count). The predicted octanol–water partition coefficient (Wildman–Crippen LogP) is 1.86. The normalized spacial score (nSPS) is 11.8. The third kappa shape index (κ3) is 3.48. The Labute approximate surface area is 120 Å². The lowest BCUT2D eigenvalue weighted by Crippen LogP contribution is -2.10. The number of pyridine rings is 1. The molecular formula is C14H16N2O3S. The fraction of sp³-hybridized carbons (Fsp3) is 0.214. The topological polar surface area (TPSA) is 74.4 Å². The van der Waals surface area contributed by atoms with Crippen LogP contribution < -0.4 is 15.2 Å². The highest BCUT2D eigenvalue weighted by Crippen LogP contribution is 2.25. The van der Waals surface area contributed by atoms with Crippen LogP contribution in [0.4, 0.5) is 5.69 Å². The molecular weight excluding hydrogens is 276 g/mol. The van der Waals surface area contributed by atoms with Crippen LogP contribution in [0.15, 0.2) is 47.6 Å². The maximum atomic E-state index is 12.1. The lowest BCUT2D eigenvalue weighted by atomic mass is 10.3. The lowest BCUT2D eigenvalue weighted by Gasteiger charge is -2.10. The molecule has 2 aromatic rings. The van der Waals surface area contributed by atoms with Crippen molar-refractivity contribution >= 4 is 16.5 Å². The molecule has 0 aliphatic heterocycles. The van der Waals surface area contributed by atoms with E-state index in [0.717, 1.165) is 0 Å². The summed E-state index contributed by atoms with van der Waals surface area (Å²) in [6.45, 7) is 0.314. The first-order valence-electron chi connectivity index (χ1n) is 6.06.